The van der Waals surface area contributed by atoms with Crippen LogP contribution >= 0.6 is 23.2 Å². The summed E-state index contributed by atoms with van der Waals surface area (Å²) >= 11 is 11.8. The lowest BCUT2D eigenvalue weighted by atomic mass is 10.3. The van der Waals surface area contributed by atoms with Crippen LogP contribution in [0.3, 0.4) is 0 Å². The average Bonchev–Trinajstić information content (AvgIpc) is 2.10. The lowest BCUT2D eigenvalue weighted by molar-refractivity contribution is 0.833. The van der Waals surface area contributed by atoms with Crippen LogP contribution in [0, 0.1) is 0 Å². The number of aliphatic imine (C=N–C) groups is 1. The van der Waals surface area contributed by atoms with E-state index in [0.717, 1.165) is 0 Å². The summed E-state index contributed by atoms with van der Waals surface area (Å²) in [6.45, 7) is 3.88. The second-order valence-electron chi connectivity index (χ2n) is 3.36. The molecule has 0 aromatic heterocycles. The van der Waals surface area contributed by atoms with Crippen molar-refractivity contribution in [3.8, 4) is 0 Å². The number of nitrogens with zero attached hydrogens (tertiary/aromatic N) is 1. The van der Waals surface area contributed by atoms with Crippen molar-refractivity contribution < 1.29 is 0 Å². The molecule has 3 nitrogen and oxygen atoms in total. The number of hydrogen-bond acceptors (Lipinski definition) is 1. The molecule has 0 aliphatic carbocycles. The first kappa shape index (κ1) is 12.1. The summed E-state index contributed by atoms with van der Waals surface area (Å²) in [5.74, 6) is 0.328. The van der Waals surface area contributed by atoms with E-state index in [4.69, 9.17) is 28.9 Å². The van der Waals surface area contributed by atoms with E-state index in [1.165, 1.54) is 0 Å². The lowest BCUT2D eigenvalue weighted by Gasteiger charge is -2.08. The molecule has 0 spiro atoms. The third-order valence-corrected chi connectivity index (χ3v) is 2.15. The van der Waals surface area contributed by atoms with Gasteiger partial charge in [0.1, 0.15) is 0 Å². The van der Waals surface area contributed by atoms with Gasteiger partial charge in [0.15, 0.2) is 5.96 Å². The Balaban J connectivity index is 2.85. The summed E-state index contributed by atoms with van der Waals surface area (Å²) in [6, 6.07) is 5.25. The highest BCUT2D eigenvalue weighted by molar-refractivity contribution is 6.35. The van der Waals surface area contributed by atoms with Gasteiger partial charge in [0.2, 0.25) is 0 Å². The van der Waals surface area contributed by atoms with E-state index >= 15 is 0 Å². The summed E-state index contributed by atoms with van der Waals surface area (Å²) in [7, 11) is 0. The van der Waals surface area contributed by atoms with E-state index in [1.54, 1.807) is 18.2 Å². The van der Waals surface area contributed by atoms with Gasteiger partial charge in [0.05, 0.1) is 10.7 Å². The Morgan fingerprint density at radius 3 is 2.67 bits per heavy atom. The van der Waals surface area contributed by atoms with E-state index < -0.39 is 0 Å². The Labute approximate surface area is 99.3 Å². The maximum atomic E-state index is 5.95. The van der Waals surface area contributed by atoms with Crippen LogP contribution in [0.1, 0.15) is 13.8 Å². The van der Waals surface area contributed by atoms with Crippen LogP contribution in [0.5, 0.6) is 0 Å². The van der Waals surface area contributed by atoms with Gasteiger partial charge in [0, 0.05) is 11.1 Å². The van der Waals surface area contributed by atoms with E-state index in [9.17, 15) is 0 Å². The molecule has 0 heterocycles. The molecule has 0 amide bonds. The Hall–Kier alpha value is -0.930. The van der Waals surface area contributed by atoms with E-state index in [1.807, 2.05) is 13.8 Å². The van der Waals surface area contributed by atoms with Crippen LogP contribution in [0.2, 0.25) is 10.0 Å². The molecule has 0 bridgehead atoms. The summed E-state index contributed by atoms with van der Waals surface area (Å²) in [4.78, 5) is 4.13. The van der Waals surface area contributed by atoms with Gasteiger partial charge in [-0.1, -0.05) is 23.2 Å². The standard InChI is InChI=1S/C10H13Cl2N3/c1-6(2)14-10(13)15-9-5-7(11)3-4-8(9)12/h3-6H,1-2H3,(H3,13,14,15). The molecule has 0 unspecified atom stereocenters. The van der Waals surface area contributed by atoms with E-state index in [2.05, 4.69) is 10.3 Å². The van der Waals surface area contributed by atoms with Gasteiger partial charge in [-0.2, -0.15) is 0 Å². The second kappa shape index (κ2) is 5.24. The summed E-state index contributed by atoms with van der Waals surface area (Å²) in [6.07, 6.45) is 0. The Morgan fingerprint density at radius 2 is 2.07 bits per heavy atom. The van der Waals surface area contributed by atoms with Crippen molar-refractivity contribution in [3.63, 3.8) is 0 Å². The zero-order chi connectivity index (χ0) is 11.4. The van der Waals surface area contributed by atoms with Crippen LogP contribution in [0.25, 0.3) is 0 Å². The first-order valence-corrected chi connectivity index (χ1v) is 5.30. The van der Waals surface area contributed by atoms with Crippen molar-refractivity contribution in [3.05, 3.63) is 28.2 Å². The summed E-state index contributed by atoms with van der Waals surface area (Å²) in [5, 5.41) is 4.05. The van der Waals surface area contributed by atoms with Crippen LogP contribution in [0.4, 0.5) is 5.69 Å². The lowest BCUT2D eigenvalue weighted by Crippen LogP contribution is -2.24. The van der Waals surface area contributed by atoms with Crippen LogP contribution in [0.15, 0.2) is 23.2 Å². The molecule has 0 radical (unpaired) electrons. The molecule has 0 saturated heterocycles. The average molecular weight is 246 g/mol. The molecule has 0 aliphatic rings. The highest BCUT2D eigenvalue weighted by Crippen LogP contribution is 2.25. The van der Waals surface area contributed by atoms with Gasteiger partial charge in [-0.05, 0) is 32.0 Å². The maximum Gasteiger partial charge on any atom is 0.193 e. The number of nitrogens with two attached hydrogens (primary N) is 1. The number of halogens is 2. The smallest absolute Gasteiger partial charge is 0.193 e. The van der Waals surface area contributed by atoms with Crippen molar-refractivity contribution >= 4 is 34.8 Å². The quantitative estimate of drug-likeness (QED) is 0.622. The molecule has 0 atom stereocenters. The molecule has 1 aromatic rings. The molecule has 1 rings (SSSR count). The molecular formula is C10H13Cl2N3. The molecule has 0 saturated carbocycles. The van der Waals surface area contributed by atoms with Gasteiger partial charge < -0.3 is 11.1 Å². The minimum absolute atomic E-state index is 0.135. The first-order valence-electron chi connectivity index (χ1n) is 4.54. The molecule has 15 heavy (non-hydrogen) atoms. The van der Waals surface area contributed by atoms with Gasteiger partial charge in [0.25, 0.3) is 0 Å². The predicted molar refractivity (Wildman–Crippen MR) is 66.8 cm³/mol. The number of nitrogens with one attached hydrogen (secondary N) is 1. The number of anilines is 1. The topological polar surface area (TPSA) is 50.4 Å². The van der Waals surface area contributed by atoms with Gasteiger partial charge in [-0.3, -0.25) is 4.99 Å². The van der Waals surface area contributed by atoms with Crippen molar-refractivity contribution in [1.82, 2.24) is 0 Å². The highest BCUT2D eigenvalue weighted by atomic mass is 35.5. The highest BCUT2D eigenvalue weighted by Gasteiger charge is 2.02. The molecular weight excluding hydrogens is 233 g/mol. The molecule has 0 fully saturated rings. The van der Waals surface area contributed by atoms with Crippen LogP contribution in [-0.4, -0.2) is 12.0 Å². The summed E-state index contributed by atoms with van der Waals surface area (Å²) < 4.78 is 0. The Kier molecular flexibility index (Phi) is 4.24. The van der Waals surface area contributed by atoms with E-state index in [0.29, 0.717) is 21.7 Å². The molecule has 5 heteroatoms. The zero-order valence-electron chi connectivity index (χ0n) is 8.59. The van der Waals surface area contributed by atoms with Gasteiger partial charge >= 0.3 is 0 Å². The molecule has 82 valence electrons. The fourth-order valence-electron chi connectivity index (χ4n) is 1.04. The Morgan fingerprint density at radius 1 is 1.40 bits per heavy atom. The Bertz CT molecular complexity index is 375. The van der Waals surface area contributed by atoms with Crippen molar-refractivity contribution in [1.29, 1.82) is 0 Å². The molecule has 0 aliphatic heterocycles. The largest absolute Gasteiger partial charge is 0.370 e. The minimum Gasteiger partial charge on any atom is -0.370 e. The summed E-state index contributed by atoms with van der Waals surface area (Å²) in [5.41, 5.74) is 6.32. The van der Waals surface area contributed by atoms with Crippen molar-refractivity contribution in [2.45, 2.75) is 19.9 Å². The third kappa shape index (κ3) is 3.98. The number of guanidine groups is 1. The number of benzene rings is 1. The maximum absolute atomic E-state index is 5.95. The number of rotatable bonds is 2. The minimum atomic E-state index is 0.135. The monoisotopic (exact) mass is 245 g/mol. The van der Waals surface area contributed by atoms with E-state index in [-0.39, 0.29) is 6.04 Å². The normalized spacial score (nSPS) is 11.9. The van der Waals surface area contributed by atoms with Crippen molar-refractivity contribution in [2.75, 3.05) is 5.32 Å². The van der Waals surface area contributed by atoms with Crippen molar-refractivity contribution in [2.24, 2.45) is 10.7 Å². The third-order valence-electron chi connectivity index (χ3n) is 1.59. The van der Waals surface area contributed by atoms with Gasteiger partial charge in [-0.25, -0.2) is 0 Å². The fourth-order valence-corrected chi connectivity index (χ4v) is 1.38. The zero-order valence-corrected chi connectivity index (χ0v) is 10.1. The predicted octanol–water partition coefficient (Wildman–Crippen LogP) is 3.13. The first-order chi connectivity index (χ1) is 6.99. The van der Waals surface area contributed by atoms with Crippen LogP contribution in [-0.2, 0) is 0 Å². The molecule has 3 N–H and O–H groups in total. The second-order valence-corrected chi connectivity index (χ2v) is 4.20. The SMILES string of the molecule is CC(C)N=C(N)Nc1cc(Cl)ccc1Cl. The molecule has 1 aromatic carbocycles. The fraction of sp³-hybridized carbons (Fsp3) is 0.300. The number of hydrogen-bond donors (Lipinski definition) is 2. The van der Waals surface area contributed by atoms with Crippen LogP contribution < -0.4 is 11.1 Å². The van der Waals surface area contributed by atoms with Gasteiger partial charge in [-0.15, -0.1) is 0 Å².